The van der Waals surface area contributed by atoms with Gasteiger partial charge in [-0.05, 0) is 12.8 Å². The largest absolute Gasteiger partial charge is 4.00 e. The minimum atomic E-state index is 0. The second kappa shape index (κ2) is 5.25. The van der Waals surface area contributed by atoms with E-state index in [1.165, 1.54) is 17.1 Å². The summed E-state index contributed by atoms with van der Waals surface area (Å²) in [5, 5.41) is 0. The maximum Gasteiger partial charge on any atom is 4.00 e. The van der Waals surface area contributed by atoms with Crippen LogP contribution in [0.2, 0.25) is 0 Å². The Bertz CT molecular complexity index is 343. The predicted octanol–water partition coefficient (Wildman–Crippen LogP) is 4.71. The molecule has 0 aromatic carbocycles. The summed E-state index contributed by atoms with van der Waals surface area (Å²) in [6, 6.07) is 0. The number of allylic oxidation sites excluding steroid dienone is 8. The van der Waals surface area contributed by atoms with Crippen LogP contribution in [0.1, 0.15) is 37.9 Å². The molecule has 0 saturated heterocycles. The van der Waals surface area contributed by atoms with Crippen LogP contribution in [0, 0.1) is 11.3 Å². The molecule has 0 N–H and O–H groups in total. The van der Waals surface area contributed by atoms with E-state index in [0.717, 1.165) is 12.8 Å². The van der Waals surface area contributed by atoms with Gasteiger partial charge in [-0.3, -0.25) is 0 Å². The van der Waals surface area contributed by atoms with Gasteiger partial charge in [-0.15, -0.1) is 29.2 Å². The fourth-order valence-electron chi connectivity index (χ4n) is 2.43. The van der Waals surface area contributed by atoms with Crippen LogP contribution in [0.25, 0.3) is 0 Å². The van der Waals surface area contributed by atoms with E-state index < -0.39 is 0 Å². The first-order chi connectivity index (χ1) is 7.09. The third kappa shape index (κ3) is 2.81. The molecular formula is C15H22Ti. The molecule has 86 valence electrons. The normalized spacial score (nSPS) is 18.2. The Kier molecular flexibility index (Phi) is 4.47. The molecule has 0 saturated carbocycles. The molecule has 0 spiro atoms. The summed E-state index contributed by atoms with van der Waals surface area (Å²) in [6.45, 7) is 6.92. The van der Waals surface area contributed by atoms with E-state index in [2.05, 4.69) is 57.2 Å². The van der Waals surface area contributed by atoms with Crippen LogP contribution in [-0.4, -0.2) is 0 Å². The van der Waals surface area contributed by atoms with Gasteiger partial charge in [-0.1, -0.05) is 38.3 Å². The summed E-state index contributed by atoms with van der Waals surface area (Å²) in [6.07, 6.45) is 15.6. The molecule has 0 heterocycles. The van der Waals surface area contributed by atoms with E-state index in [1.54, 1.807) is 0 Å². The first-order valence-electron chi connectivity index (χ1n) is 5.68. The Labute approximate surface area is 119 Å². The topological polar surface area (TPSA) is 0 Å². The van der Waals surface area contributed by atoms with Crippen LogP contribution in [0.15, 0.2) is 47.6 Å². The van der Waals surface area contributed by atoms with Crippen LogP contribution in [-0.2, 0) is 21.7 Å². The molecule has 2 aliphatic carbocycles. The molecule has 0 nitrogen and oxygen atoms in total. The van der Waals surface area contributed by atoms with E-state index in [9.17, 15) is 0 Å². The molecule has 0 radical (unpaired) electrons. The fourth-order valence-corrected chi connectivity index (χ4v) is 2.43. The van der Waals surface area contributed by atoms with Crippen molar-refractivity contribution in [3.05, 3.63) is 53.5 Å². The minimum Gasteiger partial charge on any atom is -1.00 e. The van der Waals surface area contributed by atoms with E-state index >= 15 is 0 Å². The molecule has 16 heavy (non-hydrogen) atoms. The van der Waals surface area contributed by atoms with E-state index in [0.29, 0.717) is 0 Å². The molecule has 1 heteroatoms. The van der Waals surface area contributed by atoms with Gasteiger partial charge in [0.05, 0.1) is 0 Å². The average molecular weight is 250 g/mol. The van der Waals surface area contributed by atoms with Gasteiger partial charge in [0.2, 0.25) is 0 Å². The molecule has 0 amide bonds. The van der Waals surface area contributed by atoms with E-state index in [1.807, 2.05) is 0 Å². The molecule has 2 aliphatic rings. The van der Waals surface area contributed by atoms with Crippen LogP contribution >= 0.6 is 0 Å². The van der Waals surface area contributed by atoms with Crippen LogP contribution in [0.5, 0.6) is 0 Å². The van der Waals surface area contributed by atoms with Crippen molar-refractivity contribution in [2.45, 2.75) is 33.6 Å². The van der Waals surface area contributed by atoms with Crippen LogP contribution < -0.4 is 0 Å². The summed E-state index contributed by atoms with van der Waals surface area (Å²) in [5.41, 5.74) is 3.24. The zero-order valence-corrected chi connectivity index (χ0v) is 11.9. The number of hydrogen-bond donors (Lipinski definition) is 0. The third-order valence-corrected chi connectivity index (χ3v) is 2.93. The molecule has 0 aliphatic heterocycles. The van der Waals surface area contributed by atoms with Crippen molar-refractivity contribution < 1.29 is 26.0 Å². The first-order valence-corrected chi connectivity index (χ1v) is 5.68. The van der Waals surface area contributed by atoms with Crippen molar-refractivity contribution in [1.82, 2.24) is 0 Å². The molecule has 2 rings (SSSR count). The van der Waals surface area contributed by atoms with Crippen molar-refractivity contribution in [2.24, 2.45) is 5.41 Å². The third-order valence-electron chi connectivity index (χ3n) is 2.93. The smallest absolute Gasteiger partial charge is 1.00 e. The Hall–Kier alpha value is -0.456. The van der Waals surface area contributed by atoms with Crippen molar-refractivity contribution in [2.75, 3.05) is 0 Å². The molecule has 0 unspecified atom stereocenters. The summed E-state index contributed by atoms with van der Waals surface area (Å²) in [5.74, 6) is 1.54. The van der Waals surface area contributed by atoms with Gasteiger partial charge < -0.3 is 4.28 Å². The maximum atomic E-state index is 2.31. The molecular weight excluding hydrogens is 228 g/mol. The van der Waals surface area contributed by atoms with Gasteiger partial charge >= 0.3 is 21.7 Å². The second-order valence-corrected chi connectivity index (χ2v) is 5.27. The van der Waals surface area contributed by atoms with Crippen LogP contribution in [0.3, 0.4) is 0 Å². The van der Waals surface area contributed by atoms with Gasteiger partial charge in [0, 0.05) is 0 Å². The average Bonchev–Trinajstić information content (AvgIpc) is 2.73. The van der Waals surface area contributed by atoms with Crippen molar-refractivity contribution in [1.29, 1.82) is 0 Å². The van der Waals surface area contributed by atoms with Crippen LogP contribution in [0.4, 0.5) is 0 Å². The first kappa shape index (κ1) is 13.6. The van der Waals surface area contributed by atoms with E-state index in [4.69, 9.17) is 0 Å². The van der Waals surface area contributed by atoms with E-state index in [-0.39, 0.29) is 31.4 Å². The fraction of sp³-hybridized carbons (Fsp3) is 0.400. The monoisotopic (exact) mass is 250 g/mol. The summed E-state index contributed by atoms with van der Waals surface area (Å²) in [7, 11) is 0. The molecule has 0 aromatic rings. The van der Waals surface area contributed by atoms with Gasteiger partial charge in [-0.25, -0.2) is 0 Å². The molecule has 0 fully saturated rings. The molecule has 0 bridgehead atoms. The Balaban J connectivity index is -0.000000640. The van der Waals surface area contributed by atoms with Crippen molar-refractivity contribution in [3.63, 3.8) is 0 Å². The summed E-state index contributed by atoms with van der Waals surface area (Å²) < 4.78 is 0. The quantitative estimate of drug-likeness (QED) is 0.491. The molecule has 0 atom stereocenters. The Morgan fingerprint density at radius 3 is 1.69 bits per heavy atom. The van der Waals surface area contributed by atoms with Gasteiger partial charge in [0.25, 0.3) is 0 Å². The van der Waals surface area contributed by atoms with Gasteiger partial charge in [-0.2, -0.15) is 12.2 Å². The zero-order chi connectivity index (χ0) is 10.9. The second-order valence-electron chi connectivity index (χ2n) is 5.27. The number of rotatable bonds is 2. The SMILES string of the molecule is CC(C)(C)[C-](C1=CC=CC1)C1=CC=CC1.[H-].[H-].[H-].[Ti+4]. The number of hydrogen-bond acceptors (Lipinski definition) is 0. The maximum absolute atomic E-state index is 2.31. The minimum absolute atomic E-state index is 0. The predicted molar refractivity (Wildman–Crippen MR) is 69.7 cm³/mol. The Morgan fingerprint density at radius 1 is 1.00 bits per heavy atom. The Morgan fingerprint density at radius 2 is 1.44 bits per heavy atom. The summed E-state index contributed by atoms with van der Waals surface area (Å²) >= 11 is 0. The molecule has 0 aromatic heterocycles. The zero-order valence-electron chi connectivity index (χ0n) is 13.4. The van der Waals surface area contributed by atoms with Gasteiger partial charge in [0.15, 0.2) is 0 Å². The van der Waals surface area contributed by atoms with Crippen molar-refractivity contribution in [3.8, 4) is 0 Å². The van der Waals surface area contributed by atoms with Gasteiger partial charge in [0.1, 0.15) is 0 Å². The summed E-state index contributed by atoms with van der Waals surface area (Å²) in [4.78, 5) is 0. The van der Waals surface area contributed by atoms with Crippen molar-refractivity contribution >= 4 is 0 Å². The standard InChI is InChI=1S/C15H19.Ti.3H/c1-15(2,3)14(12-8-4-5-9-12)13-10-6-7-11-13;;;;/h4-8,10H,9,11H2,1-3H3;;;;/q-1;+4;3*-1.